The molecule has 0 saturated carbocycles. The van der Waals surface area contributed by atoms with Gasteiger partial charge in [0.05, 0.1) is 12.1 Å². The number of carbonyl (C=O) groups excluding carboxylic acids is 2. The Balaban J connectivity index is 1.67. The third kappa shape index (κ3) is 3.73. The number of benzene rings is 2. The first-order chi connectivity index (χ1) is 14.9. The van der Waals surface area contributed by atoms with Crippen LogP contribution in [-0.2, 0) is 22.5 Å². The first kappa shape index (κ1) is 20.1. The van der Waals surface area contributed by atoms with Crippen LogP contribution in [0.5, 0.6) is 0 Å². The van der Waals surface area contributed by atoms with Crippen molar-refractivity contribution in [1.82, 2.24) is 9.55 Å². The van der Waals surface area contributed by atoms with Gasteiger partial charge in [-0.2, -0.15) is 0 Å². The normalized spacial score (nSPS) is 15.1. The maximum absolute atomic E-state index is 13.1. The largest absolute Gasteiger partial charge is 0.448 e. The van der Waals surface area contributed by atoms with E-state index in [-0.39, 0.29) is 24.5 Å². The predicted molar refractivity (Wildman–Crippen MR) is 114 cm³/mol. The van der Waals surface area contributed by atoms with E-state index in [1.165, 1.54) is 11.6 Å². The lowest BCUT2D eigenvalue weighted by molar-refractivity contribution is -0.127. The number of aromatic nitrogens is 2. The van der Waals surface area contributed by atoms with E-state index in [4.69, 9.17) is 10.5 Å². The Hall–Kier alpha value is -4.14. The van der Waals surface area contributed by atoms with Crippen LogP contribution in [0.3, 0.4) is 0 Å². The van der Waals surface area contributed by atoms with Crippen molar-refractivity contribution < 1.29 is 14.3 Å². The highest BCUT2D eigenvalue weighted by Crippen LogP contribution is 2.24. The van der Waals surface area contributed by atoms with Gasteiger partial charge < -0.3 is 15.4 Å². The van der Waals surface area contributed by atoms with Crippen LogP contribution in [0, 0.1) is 0 Å². The fourth-order valence-corrected chi connectivity index (χ4v) is 3.62. The molecule has 2 aromatic carbocycles. The Bertz CT molecular complexity index is 1280. The summed E-state index contributed by atoms with van der Waals surface area (Å²) in [5.41, 5.74) is 6.35. The summed E-state index contributed by atoms with van der Waals surface area (Å²) in [6.45, 7) is 0.114. The second kappa shape index (κ2) is 7.94. The summed E-state index contributed by atoms with van der Waals surface area (Å²) >= 11 is 0. The quantitative estimate of drug-likeness (QED) is 0.604. The van der Waals surface area contributed by atoms with Gasteiger partial charge in [-0.05, 0) is 17.2 Å². The SMILES string of the molecule is CN(C(=O)C1Cc2ccccc2C(=O)O1)c1c(N)n(Cc2ccccc2)c(=O)[nH]c1=O. The molecule has 1 unspecified atom stereocenters. The number of likely N-dealkylation sites (N-methyl/N-ethyl adjacent to an activating group) is 1. The van der Waals surface area contributed by atoms with E-state index in [9.17, 15) is 19.2 Å². The summed E-state index contributed by atoms with van der Waals surface area (Å²) in [4.78, 5) is 53.4. The molecule has 0 aliphatic carbocycles. The molecule has 0 spiro atoms. The molecular weight excluding hydrogens is 400 g/mol. The van der Waals surface area contributed by atoms with Gasteiger partial charge >= 0.3 is 11.7 Å². The zero-order valence-electron chi connectivity index (χ0n) is 16.7. The number of nitrogens with one attached hydrogen (secondary N) is 1. The Morgan fingerprint density at radius 1 is 1.13 bits per heavy atom. The molecule has 0 bridgehead atoms. The van der Waals surface area contributed by atoms with Crippen molar-refractivity contribution in [2.45, 2.75) is 19.1 Å². The number of fused-ring (bicyclic) bond motifs is 1. The van der Waals surface area contributed by atoms with E-state index in [1.54, 1.807) is 24.3 Å². The summed E-state index contributed by atoms with van der Waals surface area (Å²) < 4.78 is 6.47. The number of nitrogen functional groups attached to an aromatic ring is 1. The number of nitrogens with two attached hydrogens (primary N) is 1. The molecule has 2 heterocycles. The van der Waals surface area contributed by atoms with Gasteiger partial charge in [-0.1, -0.05) is 48.5 Å². The smallest absolute Gasteiger partial charge is 0.339 e. The molecule has 1 aliphatic heterocycles. The first-order valence-corrected chi connectivity index (χ1v) is 9.59. The van der Waals surface area contributed by atoms with Gasteiger partial charge in [-0.3, -0.25) is 19.1 Å². The van der Waals surface area contributed by atoms with Gasteiger partial charge in [0.1, 0.15) is 5.82 Å². The summed E-state index contributed by atoms with van der Waals surface area (Å²) in [6, 6.07) is 15.9. The number of rotatable bonds is 4. The van der Waals surface area contributed by atoms with E-state index in [1.807, 2.05) is 30.3 Å². The van der Waals surface area contributed by atoms with Crippen LogP contribution >= 0.6 is 0 Å². The van der Waals surface area contributed by atoms with Crippen molar-refractivity contribution in [3.05, 3.63) is 92.1 Å². The number of amides is 1. The number of nitrogens with zero attached hydrogens (tertiary/aromatic N) is 2. The van der Waals surface area contributed by atoms with Crippen molar-refractivity contribution >= 4 is 23.4 Å². The molecule has 1 aliphatic rings. The first-order valence-electron chi connectivity index (χ1n) is 9.59. The van der Waals surface area contributed by atoms with Crippen LogP contribution in [0.2, 0.25) is 0 Å². The molecule has 0 radical (unpaired) electrons. The molecule has 1 amide bonds. The van der Waals surface area contributed by atoms with Gasteiger partial charge in [0.25, 0.3) is 11.5 Å². The maximum Gasteiger partial charge on any atom is 0.339 e. The lowest BCUT2D eigenvalue weighted by Crippen LogP contribution is -2.46. The second-order valence-corrected chi connectivity index (χ2v) is 7.22. The topological polar surface area (TPSA) is 127 Å². The van der Waals surface area contributed by atoms with E-state index in [2.05, 4.69) is 4.98 Å². The zero-order chi connectivity index (χ0) is 22.1. The van der Waals surface area contributed by atoms with Crippen LogP contribution in [-0.4, -0.2) is 34.6 Å². The molecule has 1 atom stereocenters. The molecule has 9 heteroatoms. The fraction of sp³-hybridized carbons (Fsp3) is 0.182. The number of cyclic esters (lactones) is 1. The van der Waals surface area contributed by atoms with Crippen LogP contribution < -0.4 is 21.9 Å². The summed E-state index contributed by atoms with van der Waals surface area (Å²) in [6.07, 6.45) is -0.937. The average molecular weight is 420 g/mol. The molecular formula is C22H20N4O5. The Morgan fingerprint density at radius 3 is 2.55 bits per heavy atom. The number of ether oxygens (including phenoxy) is 1. The number of hydrogen-bond acceptors (Lipinski definition) is 6. The standard InChI is InChI=1S/C22H20N4O5/c1-25(20(28)16-11-14-9-5-6-10-15(14)21(29)31-16)17-18(23)26(22(30)24-19(17)27)12-13-7-3-2-4-8-13/h2-10,16H,11-12,23H2,1H3,(H,24,27,30). The number of anilines is 2. The number of aromatic amines is 1. The van der Waals surface area contributed by atoms with Crippen LogP contribution in [0.1, 0.15) is 21.5 Å². The maximum atomic E-state index is 13.1. The lowest BCUT2D eigenvalue weighted by Gasteiger charge is -2.28. The molecule has 158 valence electrons. The molecule has 31 heavy (non-hydrogen) atoms. The molecule has 1 aromatic heterocycles. The van der Waals surface area contributed by atoms with Crippen molar-refractivity contribution in [2.75, 3.05) is 17.7 Å². The van der Waals surface area contributed by atoms with E-state index in [0.717, 1.165) is 10.5 Å². The van der Waals surface area contributed by atoms with Crippen LogP contribution in [0.4, 0.5) is 11.5 Å². The van der Waals surface area contributed by atoms with Crippen molar-refractivity contribution in [3.8, 4) is 0 Å². The third-order valence-corrected chi connectivity index (χ3v) is 5.23. The highest BCUT2D eigenvalue weighted by molar-refractivity contribution is 6.02. The minimum Gasteiger partial charge on any atom is -0.448 e. The zero-order valence-corrected chi connectivity index (χ0v) is 16.7. The number of H-pyrrole nitrogens is 1. The Labute approximate surface area is 176 Å². The molecule has 3 N–H and O–H groups in total. The van der Waals surface area contributed by atoms with Crippen molar-refractivity contribution in [3.63, 3.8) is 0 Å². The van der Waals surface area contributed by atoms with E-state index >= 15 is 0 Å². The molecule has 0 saturated heterocycles. The van der Waals surface area contributed by atoms with E-state index < -0.39 is 29.2 Å². The number of esters is 1. The van der Waals surface area contributed by atoms with Crippen LogP contribution in [0.15, 0.2) is 64.2 Å². The van der Waals surface area contributed by atoms with Crippen molar-refractivity contribution in [2.24, 2.45) is 0 Å². The Kier molecular flexibility index (Phi) is 5.16. The van der Waals surface area contributed by atoms with Crippen LogP contribution in [0.25, 0.3) is 0 Å². The monoisotopic (exact) mass is 420 g/mol. The average Bonchev–Trinajstić information content (AvgIpc) is 2.76. The van der Waals surface area contributed by atoms with Gasteiger partial charge in [-0.15, -0.1) is 0 Å². The third-order valence-electron chi connectivity index (χ3n) is 5.23. The van der Waals surface area contributed by atoms with Gasteiger partial charge in [0.15, 0.2) is 11.8 Å². The van der Waals surface area contributed by atoms with Crippen molar-refractivity contribution in [1.29, 1.82) is 0 Å². The van der Waals surface area contributed by atoms with Gasteiger partial charge in [0, 0.05) is 13.5 Å². The van der Waals surface area contributed by atoms with E-state index in [0.29, 0.717) is 11.1 Å². The molecule has 9 nitrogen and oxygen atoms in total. The summed E-state index contributed by atoms with van der Waals surface area (Å²) in [5.74, 6) is -1.38. The second-order valence-electron chi connectivity index (χ2n) is 7.22. The highest BCUT2D eigenvalue weighted by Gasteiger charge is 2.34. The van der Waals surface area contributed by atoms with Gasteiger partial charge in [-0.25, -0.2) is 9.59 Å². The Morgan fingerprint density at radius 2 is 1.81 bits per heavy atom. The molecule has 0 fully saturated rings. The minimum absolute atomic E-state index is 0.114. The summed E-state index contributed by atoms with van der Waals surface area (Å²) in [5, 5.41) is 0. The predicted octanol–water partition coefficient (Wildman–Crippen LogP) is 0.912. The minimum atomic E-state index is -1.11. The fourth-order valence-electron chi connectivity index (χ4n) is 3.62. The number of carbonyl (C=O) groups is 2. The highest BCUT2D eigenvalue weighted by atomic mass is 16.5. The number of hydrogen-bond donors (Lipinski definition) is 2. The van der Waals surface area contributed by atoms with Gasteiger partial charge in [0.2, 0.25) is 0 Å². The lowest BCUT2D eigenvalue weighted by atomic mass is 9.98. The molecule has 3 aromatic rings. The summed E-state index contributed by atoms with van der Waals surface area (Å²) in [7, 11) is 1.36. The molecule has 4 rings (SSSR count).